The van der Waals surface area contributed by atoms with Crippen LogP contribution in [0.5, 0.6) is 0 Å². The SMILES string of the molecule is Nn1c(SCC(=O)Nc2ccc(Cl)cc2C(=O)c2ccccc2)nnc1C1CC1. The molecule has 3 N–H and O–H groups in total. The lowest BCUT2D eigenvalue weighted by molar-refractivity contribution is -0.113. The van der Waals surface area contributed by atoms with E-state index < -0.39 is 0 Å². The number of halogens is 1. The summed E-state index contributed by atoms with van der Waals surface area (Å²) in [6.45, 7) is 0. The van der Waals surface area contributed by atoms with Crippen LogP contribution < -0.4 is 11.2 Å². The van der Waals surface area contributed by atoms with E-state index in [1.54, 1.807) is 42.5 Å². The number of nitrogen functional groups attached to an aromatic ring is 1. The number of hydrogen-bond acceptors (Lipinski definition) is 6. The van der Waals surface area contributed by atoms with Gasteiger partial charge in [0.15, 0.2) is 11.6 Å². The first-order valence-corrected chi connectivity index (χ1v) is 10.4. The summed E-state index contributed by atoms with van der Waals surface area (Å²) in [5.74, 6) is 6.72. The van der Waals surface area contributed by atoms with E-state index in [2.05, 4.69) is 15.5 Å². The van der Waals surface area contributed by atoms with Crippen LogP contribution >= 0.6 is 23.4 Å². The van der Waals surface area contributed by atoms with Crippen LogP contribution in [0.2, 0.25) is 5.02 Å². The summed E-state index contributed by atoms with van der Waals surface area (Å²) in [5, 5.41) is 11.8. The van der Waals surface area contributed by atoms with E-state index in [4.69, 9.17) is 17.4 Å². The first-order chi connectivity index (χ1) is 14.0. The minimum atomic E-state index is -0.282. The zero-order valence-electron chi connectivity index (χ0n) is 15.3. The molecule has 3 aromatic rings. The zero-order chi connectivity index (χ0) is 20.4. The number of carbonyl (C=O) groups excluding carboxylic acids is 2. The Hall–Kier alpha value is -2.84. The maximum absolute atomic E-state index is 12.8. The Morgan fingerprint density at radius 3 is 2.66 bits per heavy atom. The van der Waals surface area contributed by atoms with Crippen LogP contribution in [0.3, 0.4) is 0 Å². The van der Waals surface area contributed by atoms with Crippen molar-refractivity contribution in [1.82, 2.24) is 14.9 Å². The number of nitrogens with two attached hydrogens (primary N) is 1. The average molecular weight is 428 g/mol. The molecule has 0 bridgehead atoms. The second-order valence-corrected chi connectivity index (χ2v) is 8.09. The van der Waals surface area contributed by atoms with Gasteiger partial charge in [-0.3, -0.25) is 9.59 Å². The third kappa shape index (κ3) is 4.44. The van der Waals surface area contributed by atoms with Gasteiger partial charge in [-0.1, -0.05) is 53.7 Å². The summed E-state index contributed by atoms with van der Waals surface area (Å²) in [4.78, 5) is 25.3. The molecule has 0 unspecified atom stereocenters. The average Bonchev–Trinajstić information content (AvgIpc) is 3.51. The molecule has 148 valence electrons. The summed E-state index contributed by atoms with van der Waals surface area (Å²) in [5.41, 5.74) is 1.25. The molecule has 29 heavy (non-hydrogen) atoms. The summed E-state index contributed by atoms with van der Waals surface area (Å²) < 4.78 is 1.45. The number of carbonyl (C=O) groups is 2. The van der Waals surface area contributed by atoms with Crippen LogP contribution in [0.25, 0.3) is 0 Å². The quantitative estimate of drug-likeness (QED) is 0.340. The highest BCUT2D eigenvalue weighted by Crippen LogP contribution is 2.39. The molecule has 7 nitrogen and oxygen atoms in total. The van der Waals surface area contributed by atoms with E-state index in [1.165, 1.54) is 16.4 Å². The number of anilines is 1. The Kier molecular flexibility index (Phi) is 5.55. The highest BCUT2D eigenvalue weighted by molar-refractivity contribution is 7.99. The van der Waals surface area contributed by atoms with Crippen molar-refractivity contribution in [3.05, 3.63) is 70.5 Å². The number of rotatable bonds is 7. The van der Waals surface area contributed by atoms with Gasteiger partial charge in [0, 0.05) is 22.1 Å². The van der Waals surface area contributed by atoms with E-state index in [1.807, 2.05) is 6.07 Å². The predicted molar refractivity (Wildman–Crippen MR) is 113 cm³/mol. The molecule has 1 fully saturated rings. The van der Waals surface area contributed by atoms with Crippen LogP contribution in [0, 0.1) is 0 Å². The van der Waals surface area contributed by atoms with Crippen molar-refractivity contribution in [3.63, 3.8) is 0 Å². The van der Waals surface area contributed by atoms with Gasteiger partial charge in [0.1, 0.15) is 0 Å². The van der Waals surface area contributed by atoms with Gasteiger partial charge in [0.05, 0.1) is 11.4 Å². The van der Waals surface area contributed by atoms with Crippen LogP contribution in [-0.4, -0.2) is 32.3 Å². The Labute approximate surface area is 176 Å². The second kappa shape index (κ2) is 8.26. The number of nitrogens with zero attached hydrogens (tertiary/aromatic N) is 3. The molecule has 0 aliphatic heterocycles. The number of nitrogens with one attached hydrogen (secondary N) is 1. The van der Waals surface area contributed by atoms with Crippen molar-refractivity contribution in [2.45, 2.75) is 23.9 Å². The molecule has 1 amide bonds. The monoisotopic (exact) mass is 427 g/mol. The van der Waals surface area contributed by atoms with Gasteiger partial charge in [-0.2, -0.15) is 0 Å². The lowest BCUT2D eigenvalue weighted by Crippen LogP contribution is -2.18. The lowest BCUT2D eigenvalue weighted by atomic mass is 10.0. The molecule has 2 aromatic carbocycles. The summed E-state index contributed by atoms with van der Waals surface area (Å²) >= 11 is 7.27. The van der Waals surface area contributed by atoms with Crippen LogP contribution in [0.1, 0.15) is 40.5 Å². The van der Waals surface area contributed by atoms with E-state index in [-0.39, 0.29) is 17.4 Å². The number of aromatic nitrogens is 3. The van der Waals surface area contributed by atoms with Crippen molar-refractivity contribution in [2.24, 2.45) is 0 Å². The largest absolute Gasteiger partial charge is 0.336 e. The van der Waals surface area contributed by atoms with E-state index >= 15 is 0 Å². The van der Waals surface area contributed by atoms with Crippen LogP contribution in [0.15, 0.2) is 53.7 Å². The Bertz CT molecular complexity index is 1070. The van der Waals surface area contributed by atoms with Crippen LogP contribution in [0.4, 0.5) is 5.69 Å². The number of amides is 1. The standard InChI is InChI=1S/C20H18ClN5O2S/c21-14-8-9-16(15(10-14)18(28)12-4-2-1-3-5-12)23-17(27)11-29-20-25-24-19(26(20)22)13-6-7-13/h1-5,8-10,13H,6-7,11,22H2,(H,23,27). The molecular formula is C20H18ClN5O2S. The van der Waals surface area contributed by atoms with Crippen molar-refractivity contribution < 1.29 is 9.59 Å². The van der Waals surface area contributed by atoms with Crippen molar-refractivity contribution in [2.75, 3.05) is 16.9 Å². The maximum atomic E-state index is 12.8. The maximum Gasteiger partial charge on any atom is 0.234 e. The summed E-state index contributed by atoms with van der Waals surface area (Å²) in [6.07, 6.45) is 2.13. The normalized spacial score (nSPS) is 13.3. The van der Waals surface area contributed by atoms with E-state index in [0.29, 0.717) is 32.9 Å². The lowest BCUT2D eigenvalue weighted by Gasteiger charge is -2.11. The van der Waals surface area contributed by atoms with Gasteiger partial charge < -0.3 is 11.2 Å². The summed E-state index contributed by atoms with van der Waals surface area (Å²) in [6, 6.07) is 13.6. The molecule has 1 aliphatic carbocycles. The Morgan fingerprint density at radius 1 is 1.17 bits per heavy atom. The van der Waals surface area contributed by atoms with Crippen molar-refractivity contribution in [3.8, 4) is 0 Å². The first-order valence-electron chi connectivity index (χ1n) is 9.05. The molecule has 0 saturated heterocycles. The Morgan fingerprint density at radius 2 is 1.93 bits per heavy atom. The fourth-order valence-corrected chi connectivity index (χ4v) is 3.72. The van der Waals surface area contributed by atoms with Crippen molar-refractivity contribution >= 4 is 40.7 Å². The molecule has 0 radical (unpaired) electrons. The molecule has 4 rings (SSSR count). The summed E-state index contributed by atoms with van der Waals surface area (Å²) in [7, 11) is 0. The van der Waals surface area contributed by atoms with Gasteiger partial charge in [-0.15, -0.1) is 10.2 Å². The molecule has 0 spiro atoms. The molecule has 9 heteroatoms. The fourth-order valence-electron chi connectivity index (χ4n) is 2.88. The third-order valence-corrected chi connectivity index (χ3v) is 5.68. The van der Waals surface area contributed by atoms with E-state index in [9.17, 15) is 9.59 Å². The number of ketones is 1. The molecule has 1 saturated carbocycles. The van der Waals surface area contributed by atoms with E-state index in [0.717, 1.165) is 18.7 Å². The topological polar surface area (TPSA) is 103 Å². The minimum absolute atomic E-state index is 0.0849. The highest BCUT2D eigenvalue weighted by atomic mass is 35.5. The van der Waals surface area contributed by atoms with Crippen LogP contribution in [-0.2, 0) is 4.79 Å². The minimum Gasteiger partial charge on any atom is -0.336 e. The third-order valence-electron chi connectivity index (χ3n) is 4.50. The van der Waals surface area contributed by atoms with Gasteiger partial charge in [-0.05, 0) is 31.0 Å². The van der Waals surface area contributed by atoms with Gasteiger partial charge in [-0.25, -0.2) is 4.68 Å². The molecule has 1 aromatic heterocycles. The molecular weight excluding hydrogens is 410 g/mol. The molecule has 0 atom stereocenters. The zero-order valence-corrected chi connectivity index (χ0v) is 16.9. The van der Waals surface area contributed by atoms with Gasteiger partial charge >= 0.3 is 0 Å². The highest BCUT2D eigenvalue weighted by Gasteiger charge is 2.30. The first kappa shape index (κ1) is 19.5. The molecule has 1 heterocycles. The second-order valence-electron chi connectivity index (χ2n) is 6.71. The predicted octanol–water partition coefficient (Wildman–Crippen LogP) is 3.48. The number of hydrogen-bond donors (Lipinski definition) is 2. The smallest absolute Gasteiger partial charge is 0.234 e. The Balaban J connectivity index is 1.46. The van der Waals surface area contributed by atoms with Gasteiger partial charge in [0.2, 0.25) is 11.1 Å². The van der Waals surface area contributed by atoms with Gasteiger partial charge in [0.25, 0.3) is 0 Å². The van der Waals surface area contributed by atoms with Crippen molar-refractivity contribution in [1.29, 1.82) is 0 Å². The fraction of sp³-hybridized carbons (Fsp3) is 0.200. The number of benzene rings is 2. The number of thioether (sulfide) groups is 1. The molecule has 1 aliphatic rings.